The third-order valence-electron chi connectivity index (χ3n) is 10.1. The second-order valence-corrected chi connectivity index (χ2v) is 19.6. The Bertz CT molecular complexity index is 2730. The maximum Gasteiger partial charge on any atom is 0.164 e. The number of benzene rings is 8. The number of nitrogens with zero attached hydrogens (tertiary/aromatic N) is 3. The molecule has 52 heavy (non-hydrogen) atoms. The molecule has 0 spiro atoms. The Morgan fingerprint density at radius 3 is 1.19 bits per heavy atom. The van der Waals surface area contributed by atoms with Gasteiger partial charge < -0.3 is 0 Å². The van der Waals surface area contributed by atoms with Crippen molar-refractivity contribution in [2.24, 2.45) is 0 Å². The minimum Gasteiger partial charge on any atom is -0.208 e. The molecule has 0 atom stereocenters. The minimum atomic E-state index is -1.44. The number of fused-ring (bicyclic) bond motifs is 6. The highest BCUT2D eigenvalue weighted by molar-refractivity contribution is 6.88. The molecule has 0 aliphatic carbocycles. The van der Waals surface area contributed by atoms with Gasteiger partial charge in [0.2, 0.25) is 0 Å². The molecule has 0 aliphatic rings. The summed E-state index contributed by atoms with van der Waals surface area (Å²) in [6, 6.07) is 60.7. The Labute approximate surface area is 305 Å². The van der Waals surface area contributed by atoms with Crippen molar-refractivity contribution in [3.8, 4) is 56.4 Å². The fraction of sp³-hybridized carbons (Fsp3) is 0.0625. The summed E-state index contributed by atoms with van der Waals surface area (Å²) in [5.74, 6) is 2.00. The van der Waals surface area contributed by atoms with Gasteiger partial charge in [-0.2, -0.15) is 0 Å². The highest BCUT2D eigenvalue weighted by Gasteiger charge is 2.18. The van der Waals surface area contributed by atoms with Crippen molar-refractivity contribution in [3.05, 3.63) is 170 Å². The molecule has 0 N–H and O–H groups in total. The van der Waals surface area contributed by atoms with Crippen molar-refractivity contribution in [3.63, 3.8) is 0 Å². The topological polar surface area (TPSA) is 38.7 Å². The van der Waals surface area contributed by atoms with E-state index in [-0.39, 0.29) is 0 Å². The Morgan fingerprint density at radius 1 is 0.288 bits per heavy atom. The molecule has 0 bridgehead atoms. The second-order valence-electron chi connectivity index (χ2n) is 14.5. The molecular formula is C48H37N3Si. The van der Waals surface area contributed by atoms with Gasteiger partial charge in [0.25, 0.3) is 0 Å². The van der Waals surface area contributed by atoms with Gasteiger partial charge in [-0.3, -0.25) is 0 Å². The van der Waals surface area contributed by atoms with Crippen molar-refractivity contribution >= 4 is 45.6 Å². The molecule has 8 aromatic carbocycles. The van der Waals surface area contributed by atoms with E-state index in [0.717, 1.165) is 27.8 Å². The molecule has 0 radical (unpaired) electrons. The Morgan fingerprint density at radius 2 is 0.654 bits per heavy atom. The number of hydrogen-bond donors (Lipinski definition) is 0. The lowest BCUT2D eigenvalue weighted by Crippen LogP contribution is -2.37. The predicted molar refractivity (Wildman–Crippen MR) is 223 cm³/mol. The maximum absolute atomic E-state index is 5.06. The van der Waals surface area contributed by atoms with Crippen LogP contribution in [-0.4, -0.2) is 23.0 Å². The van der Waals surface area contributed by atoms with Gasteiger partial charge in [0, 0.05) is 16.7 Å². The first kappa shape index (κ1) is 31.7. The summed E-state index contributed by atoms with van der Waals surface area (Å²) in [5.41, 5.74) is 7.53. The molecule has 0 aliphatic heterocycles. The van der Waals surface area contributed by atoms with Crippen molar-refractivity contribution in [2.75, 3.05) is 0 Å². The van der Waals surface area contributed by atoms with Gasteiger partial charge >= 0.3 is 0 Å². The first-order valence-corrected chi connectivity index (χ1v) is 21.4. The summed E-state index contributed by atoms with van der Waals surface area (Å²) < 4.78 is 0. The molecule has 0 unspecified atom stereocenters. The minimum absolute atomic E-state index is 0.657. The third-order valence-corrected chi connectivity index (χ3v) is 12.1. The normalized spacial score (nSPS) is 11.8. The zero-order valence-electron chi connectivity index (χ0n) is 29.5. The van der Waals surface area contributed by atoms with Crippen LogP contribution in [0.25, 0.3) is 88.7 Å². The van der Waals surface area contributed by atoms with Crippen LogP contribution in [0.5, 0.6) is 0 Å². The van der Waals surface area contributed by atoms with Crippen LogP contribution in [0.3, 0.4) is 0 Å². The van der Waals surface area contributed by atoms with Gasteiger partial charge in [-0.25, -0.2) is 15.0 Å². The lowest BCUT2D eigenvalue weighted by Gasteiger charge is -2.16. The monoisotopic (exact) mass is 683 g/mol. The van der Waals surface area contributed by atoms with Crippen LogP contribution in [0.2, 0.25) is 19.6 Å². The third kappa shape index (κ3) is 5.87. The fourth-order valence-electron chi connectivity index (χ4n) is 7.27. The molecule has 0 amide bonds. The maximum atomic E-state index is 5.06. The van der Waals surface area contributed by atoms with Gasteiger partial charge in [0.1, 0.15) is 0 Å². The average Bonchev–Trinajstić information content (AvgIpc) is 3.21. The molecular weight excluding hydrogens is 647 g/mol. The van der Waals surface area contributed by atoms with E-state index in [2.05, 4.69) is 171 Å². The van der Waals surface area contributed by atoms with E-state index in [4.69, 9.17) is 15.0 Å². The van der Waals surface area contributed by atoms with E-state index in [1.165, 1.54) is 48.6 Å². The fourth-order valence-corrected chi connectivity index (χ4v) is 8.44. The van der Waals surface area contributed by atoms with Gasteiger partial charge in [0.05, 0.1) is 8.07 Å². The van der Waals surface area contributed by atoms with E-state index in [1.54, 1.807) is 0 Å². The smallest absolute Gasteiger partial charge is 0.164 e. The first-order chi connectivity index (χ1) is 25.4. The summed E-state index contributed by atoms with van der Waals surface area (Å²) in [5, 5.41) is 9.11. The van der Waals surface area contributed by atoms with Gasteiger partial charge in [-0.15, -0.1) is 0 Å². The highest BCUT2D eigenvalue weighted by atomic mass is 28.3. The second kappa shape index (κ2) is 12.8. The van der Waals surface area contributed by atoms with Crippen LogP contribution in [0, 0.1) is 0 Å². The van der Waals surface area contributed by atoms with Crippen molar-refractivity contribution in [2.45, 2.75) is 19.6 Å². The van der Waals surface area contributed by atoms with Crippen LogP contribution in [0.1, 0.15) is 0 Å². The number of hydrogen-bond acceptors (Lipinski definition) is 3. The summed E-state index contributed by atoms with van der Waals surface area (Å²) in [6.45, 7) is 7.10. The average molecular weight is 684 g/mol. The Hall–Kier alpha value is -6.23. The van der Waals surface area contributed by atoms with Gasteiger partial charge in [-0.1, -0.05) is 176 Å². The van der Waals surface area contributed by atoms with E-state index >= 15 is 0 Å². The molecule has 1 aromatic heterocycles. The largest absolute Gasteiger partial charge is 0.208 e. The number of aromatic nitrogens is 3. The van der Waals surface area contributed by atoms with Gasteiger partial charge in [-0.05, 0) is 72.8 Å². The molecule has 0 fully saturated rings. The molecule has 0 saturated heterocycles. The summed E-state index contributed by atoms with van der Waals surface area (Å²) in [6.07, 6.45) is 0. The van der Waals surface area contributed by atoms with E-state index in [1.807, 2.05) is 18.2 Å². The van der Waals surface area contributed by atoms with E-state index < -0.39 is 8.07 Å². The predicted octanol–water partition coefficient (Wildman–Crippen LogP) is 12.2. The van der Waals surface area contributed by atoms with E-state index in [0.29, 0.717) is 17.5 Å². The quantitative estimate of drug-likeness (QED) is 0.129. The lowest BCUT2D eigenvalue weighted by atomic mass is 9.91. The molecule has 4 heteroatoms. The summed E-state index contributed by atoms with van der Waals surface area (Å²) >= 11 is 0. The van der Waals surface area contributed by atoms with Crippen molar-refractivity contribution < 1.29 is 0 Å². The molecule has 9 rings (SSSR count). The summed E-state index contributed by atoms with van der Waals surface area (Å²) in [4.78, 5) is 15.0. The molecule has 0 saturated carbocycles. The zero-order valence-corrected chi connectivity index (χ0v) is 30.5. The first-order valence-electron chi connectivity index (χ1n) is 17.9. The lowest BCUT2D eigenvalue weighted by molar-refractivity contribution is 1.07. The van der Waals surface area contributed by atoms with Crippen LogP contribution < -0.4 is 5.19 Å². The van der Waals surface area contributed by atoms with Crippen molar-refractivity contribution in [1.29, 1.82) is 0 Å². The number of rotatable bonds is 6. The molecule has 1 heterocycles. The molecule has 248 valence electrons. The van der Waals surface area contributed by atoms with Crippen molar-refractivity contribution in [1.82, 2.24) is 15.0 Å². The van der Waals surface area contributed by atoms with Crippen LogP contribution >= 0.6 is 0 Å². The summed E-state index contributed by atoms with van der Waals surface area (Å²) in [7, 11) is -1.44. The molecule has 3 nitrogen and oxygen atoms in total. The SMILES string of the molecule is C[Si](C)(C)c1ccc(-c2nc(-c3ccccc3)nc(-c3cccc(-c4cccc(-c5ccc6c7ccccc7c7ccccc7c6c5)c4)c3)n2)cc1. The van der Waals surface area contributed by atoms with Crippen LogP contribution in [0.15, 0.2) is 170 Å². The Balaban J connectivity index is 1.12. The zero-order chi connectivity index (χ0) is 35.2. The Kier molecular flexibility index (Phi) is 7.83. The van der Waals surface area contributed by atoms with Gasteiger partial charge in [0.15, 0.2) is 17.5 Å². The van der Waals surface area contributed by atoms with E-state index in [9.17, 15) is 0 Å². The van der Waals surface area contributed by atoms with Crippen LogP contribution in [-0.2, 0) is 0 Å². The standard InChI is InChI=1S/C48H37N3Si/c1-52(2,3)39-26-23-33(24-27-39)47-49-46(32-13-5-4-6-14-32)50-48(51-47)38-18-12-17-36(30-38)34-15-11-16-35(29-34)37-25-28-44-42-21-8-7-19-40(42)41-20-9-10-22-43(41)45(44)31-37/h4-31H,1-3H3. The highest BCUT2D eigenvalue weighted by Crippen LogP contribution is 2.38. The molecule has 9 aromatic rings. The van der Waals surface area contributed by atoms with Crippen LogP contribution in [0.4, 0.5) is 0 Å².